The molecule has 2 aromatic carbocycles. The van der Waals surface area contributed by atoms with Crippen molar-refractivity contribution in [2.24, 2.45) is 0 Å². The number of hydrogen-bond donors (Lipinski definition) is 1. The Kier molecular flexibility index (Phi) is 5.52. The highest BCUT2D eigenvalue weighted by Crippen LogP contribution is 2.22. The summed E-state index contributed by atoms with van der Waals surface area (Å²) in [5, 5.41) is 2.98. The van der Waals surface area contributed by atoms with Crippen LogP contribution in [0.5, 0.6) is 0 Å². The average molecular weight is 322 g/mol. The molecule has 126 valence electrons. The fraction of sp³-hybridized carbons (Fsp3) is 0.381. The van der Waals surface area contributed by atoms with Crippen LogP contribution in [0, 0.1) is 0 Å². The van der Waals surface area contributed by atoms with Crippen LogP contribution < -0.4 is 10.2 Å². The molecule has 24 heavy (non-hydrogen) atoms. The van der Waals surface area contributed by atoms with E-state index in [-0.39, 0.29) is 5.91 Å². The average Bonchev–Trinajstić information content (AvgIpc) is 2.92. The van der Waals surface area contributed by atoms with Crippen LogP contribution in [0.1, 0.15) is 48.5 Å². The summed E-state index contributed by atoms with van der Waals surface area (Å²) in [6.07, 6.45) is 6.20. The summed E-state index contributed by atoms with van der Waals surface area (Å²) in [5.41, 5.74) is 4.04. The van der Waals surface area contributed by atoms with Gasteiger partial charge in [0.15, 0.2) is 0 Å². The summed E-state index contributed by atoms with van der Waals surface area (Å²) < 4.78 is 0. The largest absolute Gasteiger partial charge is 0.372 e. The number of nitrogens with zero attached hydrogens (tertiary/aromatic N) is 1. The van der Waals surface area contributed by atoms with Crippen LogP contribution in [0.15, 0.2) is 48.5 Å². The first-order valence-corrected chi connectivity index (χ1v) is 9.01. The molecule has 0 unspecified atom stereocenters. The van der Waals surface area contributed by atoms with Gasteiger partial charge in [-0.15, -0.1) is 0 Å². The van der Waals surface area contributed by atoms with Gasteiger partial charge in [-0.25, -0.2) is 0 Å². The summed E-state index contributed by atoms with van der Waals surface area (Å²) >= 11 is 0. The van der Waals surface area contributed by atoms with Crippen LogP contribution >= 0.6 is 0 Å². The Hall–Kier alpha value is -2.29. The Bertz CT molecular complexity index is 653. The van der Waals surface area contributed by atoms with E-state index in [4.69, 9.17) is 0 Å². The molecule has 2 aromatic rings. The quantitative estimate of drug-likeness (QED) is 0.870. The first kappa shape index (κ1) is 16.6. The number of aryl methyl sites for hydroxylation is 1. The molecule has 0 radical (unpaired) electrons. The zero-order chi connectivity index (χ0) is 16.8. The first-order valence-electron chi connectivity index (χ1n) is 9.01. The SMILES string of the molecule is CCc1ccc(C(=O)Nc2ccc(N3CCCCCC3)cc2)cc1. The minimum Gasteiger partial charge on any atom is -0.372 e. The number of hydrogen-bond acceptors (Lipinski definition) is 2. The van der Waals surface area contributed by atoms with Crippen molar-refractivity contribution in [2.45, 2.75) is 39.0 Å². The number of anilines is 2. The monoisotopic (exact) mass is 322 g/mol. The van der Waals surface area contributed by atoms with Crippen molar-refractivity contribution >= 4 is 17.3 Å². The van der Waals surface area contributed by atoms with E-state index in [2.05, 4.69) is 29.3 Å². The van der Waals surface area contributed by atoms with E-state index in [9.17, 15) is 4.79 Å². The van der Waals surface area contributed by atoms with Crippen molar-refractivity contribution in [3.05, 3.63) is 59.7 Å². The summed E-state index contributed by atoms with van der Waals surface area (Å²) in [7, 11) is 0. The summed E-state index contributed by atoms with van der Waals surface area (Å²) in [6, 6.07) is 16.0. The number of carbonyl (C=O) groups is 1. The maximum absolute atomic E-state index is 12.3. The Balaban J connectivity index is 1.63. The van der Waals surface area contributed by atoms with Gasteiger partial charge in [-0.1, -0.05) is 31.9 Å². The Labute approximate surface area is 144 Å². The van der Waals surface area contributed by atoms with Crippen LogP contribution in [-0.4, -0.2) is 19.0 Å². The molecule has 0 spiro atoms. The minimum atomic E-state index is -0.0554. The Morgan fingerprint density at radius 3 is 2.12 bits per heavy atom. The molecule has 1 heterocycles. The van der Waals surface area contributed by atoms with Crippen LogP contribution in [0.4, 0.5) is 11.4 Å². The lowest BCUT2D eigenvalue weighted by Crippen LogP contribution is -2.23. The van der Waals surface area contributed by atoms with E-state index >= 15 is 0 Å². The molecule has 1 fully saturated rings. The third kappa shape index (κ3) is 4.16. The lowest BCUT2D eigenvalue weighted by molar-refractivity contribution is 0.102. The molecule has 0 bridgehead atoms. The third-order valence-electron chi connectivity index (χ3n) is 4.72. The van der Waals surface area contributed by atoms with E-state index < -0.39 is 0 Å². The van der Waals surface area contributed by atoms with Gasteiger partial charge in [-0.05, 0) is 61.2 Å². The number of rotatable bonds is 4. The lowest BCUT2D eigenvalue weighted by Gasteiger charge is -2.22. The van der Waals surface area contributed by atoms with Crippen LogP contribution in [0.3, 0.4) is 0 Å². The van der Waals surface area contributed by atoms with Gasteiger partial charge in [0.2, 0.25) is 0 Å². The minimum absolute atomic E-state index is 0.0554. The van der Waals surface area contributed by atoms with Crippen LogP contribution in [0.25, 0.3) is 0 Å². The van der Waals surface area contributed by atoms with Gasteiger partial charge in [0.05, 0.1) is 0 Å². The van der Waals surface area contributed by atoms with Gasteiger partial charge in [0.25, 0.3) is 5.91 Å². The molecule has 1 N–H and O–H groups in total. The molecule has 3 nitrogen and oxygen atoms in total. The van der Waals surface area contributed by atoms with Gasteiger partial charge in [0, 0.05) is 30.0 Å². The van der Waals surface area contributed by atoms with Crippen molar-refractivity contribution < 1.29 is 4.79 Å². The molecule has 3 heteroatoms. The molecular formula is C21H26N2O. The van der Waals surface area contributed by atoms with Gasteiger partial charge >= 0.3 is 0 Å². The first-order chi connectivity index (χ1) is 11.8. The molecule has 1 saturated heterocycles. The van der Waals surface area contributed by atoms with Crippen molar-refractivity contribution in [3.63, 3.8) is 0 Å². The predicted octanol–water partition coefficient (Wildman–Crippen LogP) is 4.88. The van der Waals surface area contributed by atoms with E-state index in [1.165, 1.54) is 36.9 Å². The number of carbonyl (C=O) groups excluding carboxylic acids is 1. The summed E-state index contributed by atoms with van der Waals surface area (Å²) in [4.78, 5) is 14.8. The molecule has 0 aliphatic carbocycles. The normalized spacial score (nSPS) is 15.0. The molecule has 1 aliphatic rings. The second-order valence-corrected chi connectivity index (χ2v) is 6.45. The zero-order valence-corrected chi connectivity index (χ0v) is 14.4. The molecular weight excluding hydrogens is 296 g/mol. The highest BCUT2D eigenvalue weighted by molar-refractivity contribution is 6.04. The lowest BCUT2D eigenvalue weighted by atomic mass is 10.1. The fourth-order valence-electron chi connectivity index (χ4n) is 3.18. The second-order valence-electron chi connectivity index (χ2n) is 6.45. The van der Waals surface area contributed by atoms with Crippen molar-refractivity contribution in [3.8, 4) is 0 Å². The summed E-state index contributed by atoms with van der Waals surface area (Å²) in [5.74, 6) is -0.0554. The Morgan fingerprint density at radius 2 is 1.54 bits per heavy atom. The number of amides is 1. The fourth-order valence-corrected chi connectivity index (χ4v) is 3.18. The van der Waals surface area contributed by atoms with E-state index in [0.717, 1.165) is 25.2 Å². The van der Waals surface area contributed by atoms with Gasteiger partial charge in [0.1, 0.15) is 0 Å². The Morgan fingerprint density at radius 1 is 0.917 bits per heavy atom. The topological polar surface area (TPSA) is 32.3 Å². The molecule has 1 amide bonds. The zero-order valence-electron chi connectivity index (χ0n) is 14.4. The molecule has 0 aromatic heterocycles. The number of nitrogens with one attached hydrogen (secondary N) is 1. The smallest absolute Gasteiger partial charge is 0.255 e. The summed E-state index contributed by atoms with van der Waals surface area (Å²) in [6.45, 7) is 4.38. The standard InChI is InChI=1S/C21H26N2O/c1-2-17-7-9-18(10-8-17)21(24)22-19-11-13-20(14-12-19)23-15-5-3-4-6-16-23/h7-14H,2-6,15-16H2,1H3,(H,22,24). The molecule has 0 atom stereocenters. The van der Waals surface area contributed by atoms with Crippen molar-refractivity contribution in [2.75, 3.05) is 23.3 Å². The van der Waals surface area contributed by atoms with Gasteiger partial charge in [-0.2, -0.15) is 0 Å². The van der Waals surface area contributed by atoms with Gasteiger partial charge < -0.3 is 10.2 Å². The van der Waals surface area contributed by atoms with E-state index in [0.29, 0.717) is 5.56 Å². The second kappa shape index (κ2) is 8.00. The van der Waals surface area contributed by atoms with Crippen LogP contribution in [0.2, 0.25) is 0 Å². The predicted molar refractivity (Wildman–Crippen MR) is 101 cm³/mol. The number of benzene rings is 2. The van der Waals surface area contributed by atoms with Crippen molar-refractivity contribution in [1.29, 1.82) is 0 Å². The molecule has 0 saturated carbocycles. The molecule has 1 aliphatic heterocycles. The maximum atomic E-state index is 12.3. The van der Waals surface area contributed by atoms with Gasteiger partial charge in [-0.3, -0.25) is 4.79 Å². The van der Waals surface area contributed by atoms with Crippen molar-refractivity contribution in [1.82, 2.24) is 0 Å². The van der Waals surface area contributed by atoms with Crippen LogP contribution in [-0.2, 0) is 6.42 Å². The molecule has 3 rings (SSSR count). The maximum Gasteiger partial charge on any atom is 0.255 e. The van der Waals surface area contributed by atoms with E-state index in [1.54, 1.807) is 0 Å². The van der Waals surface area contributed by atoms with E-state index in [1.807, 2.05) is 36.4 Å². The highest BCUT2D eigenvalue weighted by atomic mass is 16.1. The highest BCUT2D eigenvalue weighted by Gasteiger charge is 2.10. The third-order valence-corrected chi connectivity index (χ3v) is 4.72.